The number of piperidine rings is 1. The number of nitrogens with zero attached hydrogens (tertiary/aromatic N) is 2. The summed E-state index contributed by atoms with van der Waals surface area (Å²) in [5.41, 5.74) is -0.729. The molecule has 2 rings (SSSR count). The van der Waals surface area contributed by atoms with Crippen molar-refractivity contribution in [3.05, 3.63) is 39.7 Å². The summed E-state index contributed by atoms with van der Waals surface area (Å²) < 4.78 is 13.9. The molecule has 118 valence electrons. The van der Waals surface area contributed by atoms with Crippen LogP contribution in [0.2, 0.25) is 0 Å². The van der Waals surface area contributed by atoms with E-state index in [9.17, 15) is 24.1 Å². The first kappa shape index (κ1) is 15.9. The second-order valence-electron chi connectivity index (χ2n) is 5.25. The molecule has 1 heterocycles. The third-order valence-corrected chi connectivity index (χ3v) is 3.96. The number of hydrogen-bond donors (Lipinski definition) is 1. The molecule has 1 N–H and O–H groups in total. The number of nitro benzene ring substituents is 1. The summed E-state index contributed by atoms with van der Waals surface area (Å²) in [6.45, 7) is 1.94. The molecular weight excluding hydrogens is 295 g/mol. The third-order valence-electron chi connectivity index (χ3n) is 3.96. The molecule has 1 aromatic rings. The zero-order valence-corrected chi connectivity index (χ0v) is 11.9. The van der Waals surface area contributed by atoms with Crippen LogP contribution in [0.15, 0.2) is 18.2 Å². The van der Waals surface area contributed by atoms with E-state index in [1.807, 2.05) is 0 Å². The first-order valence-corrected chi connectivity index (χ1v) is 6.80. The number of amides is 1. The van der Waals surface area contributed by atoms with Crippen LogP contribution in [0.5, 0.6) is 0 Å². The number of rotatable bonds is 3. The fraction of sp³-hybridized carbons (Fsp3) is 0.429. The van der Waals surface area contributed by atoms with Crippen LogP contribution in [0, 0.1) is 21.8 Å². The number of likely N-dealkylation sites (tertiary alicyclic amines) is 1. The van der Waals surface area contributed by atoms with Gasteiger partial charge in [0.25, 0.3) is 11.6 Å². The predicted molar refractivity (Wildman–Crippen MR) is 73.9 cm³/mol. The minimum absolute atomic E-state index is 0.288. The van der Waals surface area contributed by atoms with E-state index in [0.717, 1.165) is 12.1 Å². The Hall–Kier alpha value is -2.51. The highest BCUT2D eigenvalue weighted by molar-refractivity contribution is 5.95. The summed E-state index contributed by atoms with van der Waals surface area (Å²) in [7, 11) is 0. The highest BCUT2D eigenvalue weighted by Crippen LogP contribution is 2.26. The van der Waals surface area contributed by atoms with Crippen LogP contribution in [-0.2, 0) is 4.79 Å². The van der Waals surface area contributed by atoms with Gasteiger partial charge in [-0.1, -0.05) is 0 Å². The molecule has 0 unspecified atom stereocenters. The first-order chi connectivity index (χ1) is 10.3. The van der Waals surface area contributed by atoms with Gasteiger partial charge in [-0.2, -0.15) is 0 Å². The Balaban J connectivity index is 2.27. The number of carbonyl (C=O) groups is 2. The van der Waals surface area contributed by atoms with Gasteiger partial charge in [-0.15, -0.1) is 0 Å². The number of carboxylic acid groups (broad SMARTS) is 1. The average Bonchev–Trinajstić information content (AvgIpc) is 2.46. The van der Waals surface area contributed by atoms with Crippen molar-refractivity contribution in [2.45, 2.75) is 25.8 Å². The SMILES string of the molecule is C[C@@H]1[C@H](C(=O)O)CCCN1C(=O)c1ccc([N+](=O)[O-])cc1F. The summed E-state index contributed by atoms with van der Waals surface area (Å²) in [4.78, 5) is 34.7. The molecular formula is C14H15FN2O5. The van der Waals surface area contributed by atoms with Gasteiger partial charge in [0, 0.05) is 18.7 Å². The number of non-ortho nitro benzene ring substituents is 1. The lowest BCUT2D eigenvalue weighted by Gasteiger charge is -2.37. The monoisotopic (exact) mass is 310 g/mol. The summed E-state index contributed by atoms with van der Waals surface area (Å²) in [6.07, 6.45) is 0.977. The van der Waals surface area contributed by atoms with Crippen molar-refractivity contribution in [1.82, 2.24) is 4.90 Å². The number of benzene rings is 1. The molecule has 1 fully saturated rings. The molecule has 2 atom stereocenters. The Morgan fingerprint density at radius 2 is 2.14 bits per heavy atom. The maximum atomic E-state index is 13.9. The van der Waals surface area contributed by atoms with E-state index in [-0.39, 0.29) is 5.56 Å². The minimum atomic E-state index is -0.992. The van der Waals surface area contributed by atoms with Gasteiger partial charge in [0.2, 0.25) is 0 Å². The van der Waals surface area contributed by atoms with Crippen molar-refractivity contribution in [3.8, 4) is 0 Å². The smallest absolute Gasteiger partial charge is 0.308 e. The quantitative estimate of drug-likeness (QED) is 0.680. The molecule has 1 aliphatic rings. The zero-order valence-electron chi connectivity index (χ0n) is 11.9. The summed E-state index contributed by atoms with van der Waals surface area (Å²) >= 11 is 0. The Morgan fingerprint density at radius 1 is 1.45 bits per heavy atom. The lowest BCUT2D eigenvalue weighted by molar-refractivity contribution is -0.385. The van der Waals surface area contributed by atoms with Crippen LogP contribution in [-0.4, -0.2) is 39.4 Å². The van der Waals surface area contributed by atoms with Crippen LogP contribution in [0.4, 0.5) is 10.1 Å². The molecule has 1 amide bonds. The number of halogens is 1. The molecule has 1 saturated heterocycles. The minimum Gasteiger partial charge on any atom is -0.481 e. The van der Waals surface area contributed by atoms with Crippen molar-refractivity contribution in [2.75, 3.05) is 6.54 Å². The normalized spacial score (nSPS) is 21.5. The Morgan fingerprint density at radius 3 is 2.68 bits per heavy atom. The summed E-state index contributed by atoms with van der Waals surface area (Å²) in [5.74, 6) is -3.32. The second-order valence-corrected chi connectivity index (χ2v) is 5.25. The molecule has 7 nitrogen and oxygen atoms in total. The van der Waals surface area contributed by atoms with Gasteiger partial charge in [-0.3, -0.25) is 19.7 Å². The molecule has 22 heavy (non-hydrogen) atoms. The lowest BCUT2D eigenvalue weighted by Crippen LogP contribution is -2.49. The number of aliphatic carboxylic acids is 1. The molecule has 0 aromatic heterocycles. The Kier molecular flexibility index (Phi) is 4.39. The Bertz CT molecular complexity index is 634. The van der Waals surface area contributed by atoms with Gasteiger partial charge in [0.05, 0.1) is 22.5 Å². The van der Waals surface area contributed by atoms with Crippen molar-refractivity contribution in [2.24, 2.45) is 5.92 Å². The van der Waals surface area contributed by atoms with E-state index in [1.165, 1.54) is 4.90 Å². The van der Waals surface area contributed by atoms with Crippen LogP contribution in [0.25, 0.3) is 0 Å². The van der Waals surface area contributed by atoms with Gasteiger partial charge in [-0.05, 0) is 25.8 Å². The van der Waals surface area contributed by atoms with Crippen LogP contribution >= 0.6 is 0 Å². The molecule has 1 aromatic carbocycles. The van der Waals surface area contributed by atoms with Gasteiger partial charge < -0.3 is 10.0 Å². The van der Waals surface area contributed by atoms with E-state index in [4.69, 9.17) is 5.11 Å². The zero-order chi connectivity index (χ0) is 16.4. The van der Waals surface area contributed by atoms with Gasteiger partial charge in [-0.25, -0.2) is 4.39 Å². The third kappa shape index (κ3) is 2.90. The van der Waals surface area contributed by atoms with Crippen LogP contribution in [0.1, 0.15) is 30.1 Å². The maximum Gasteiger partial charge on any atom is 0.308 e. The first-order valence-electron chi connectivity index (χ1n) is 6.80. The molecule has 8 heteroatoms. The molecule has 0 aliphatic carbocycles. The van der Waals surface area contributed by atoms with Gasteiger partial charge >= 0.3 is 5.97 Å². The van der Waals surface area contributed by atoms with Crippen molar-refractivity contribution in [1.29, 1.82) is 0 Å². The summed E-state index contributed by atoms with van der Waals surface area (Å²) in [6, 6.07) is 2.25. The Labute approximate surface area is 125 Å². The largest absolute Gasteiger partial charge is 0.481 e. The summed E-state index contributed by atoms with van der Waals surface area (Å²) in [5, 5.41) is 19.7. The number of hydrogen-bond acceptors (Lipinski definition) is 4. The number of carboxylic acids is 1. The standard InChI is InChI=1S/C14H15FN2O5/c1-8-10(14(19)20)3-2-6-16(8)13(18)11-5-4-9(17(21)22)7-12(11)15/h4-5,7-8,10H,2-3,6H2,1H3,(H,19,20)/t8-,10-/m1/s1. The predicted octanol–water partition coefficient (Wildman–Crippen LogP) is 2.06. The fourth-order valence-corrected chi connectivity index (χ4v) is 2.71. The van der Waals surface area contributed by atoms with E-state index < -0.39 is 40.3 Å². The lowest BCUT2D eigenvalue weighted by atomic mass is 9.90. The van der Waals surface area contributed by atoms with Crippen LogP contribution in [0.3, 0.4) is 0 Å². The van der Waals surface area contributed by atoms with E-state index in [0.29, 0.717) is 25.5 Å². The molecule has 0 bridgehead atoms. The fourth-order valence-electron chi connectivity index (χ4n) is 2.71. The van der Waals surface area contributed by atoms with Crippen molar-refractivity contribution in [3.63, 3.8) is 0 Å². The van der Waals surface area contributed by atoms with Crippen LogP contribution < -0.4 is 0 Å². The molecule has 0 radical (unpaired) electrons. The number of nitro groups is 1. The average molecular weight is 310 g/mol. The van der Waals surface area contributed by atoms with E-state index in [1.54, 1.807) is 6.92 Å². The molecule has 1 aliphatic heterocycles. The van der Waals surface area contributed by atoms with E-state index >= 15 is 0 Å². The van der Waals surface area contributed by atoms with Crippen molar-refractivity contribution < 1.29 is 24.0 Å². The molecule has 0 spiro atoms. The van der Waals surface area contributed by atoms with E-state index in [2.05, 4.69) is 0 Å². The van der Waals surface area contributed by atoms with Gasteiger partial charge in [0.15, 0.2) is 0 Å². The van der Waals surface area contributed by atoms with Gasteiger partial charge in [0.1, 0.15) is 5.82 Å². The highest BCUT2D eigenvalue weighted by atomic mass is 19.1. The maximum absolute atomic E-state index is 13.9. The highest BCUT2D eigenvalue weighted by Gasteiger charge is 2.36. The topological polar surface area (TPSA) is 101 Å². The van der Waals surface area contributed by atoms with Crippen molar-refractivity contribution >= 4 is 17.6 Å². The molecule has 0 saturated carbocycles. The second kappa shape index (κ2) is 6.08. The number of carbonyl (C=O) groups excluding carboxylic acids is 1.